The van der Waals surface area contributed by atoms with E-state index >= 15 is 0 Å². The quantitative estimate of drug-likeness (QED) is 0.236. The molecule has 1 aliphatic rings. The molecule has 1 nitrogen and oxygen atoms in total. The van der Waals surface area contributed by atoms with Gasteiger partial charge in [-0.05, 0) is 78.6 Å². The van der Waals surface area contributed by atoms with Crippen LogP contribution in [-0.2, 0) is 0 Å². The molecule has 0 atom stereocenters. The summed E-state index contributed by atoms with van der Waals surface area (Å²) in [6.45, 7) is 2.29. The lowest BCUT2D eigenvalue weighted by Crippen LogP contribution is -2.13. The Hall–Kier alpha value is -1.76. The molecule has 148 valence electrons. The van der Waals surface area contributed by atoms with Crippen LogP contribution in [0.15, 0.2) is 53.5 Å². The monoisotopic (exact) mass is 391 g/mol. The molecule has 3 rings (SSSR count). The maximum absolute atomic E-state index is 4.66. The second kappa shape index (κ2) is 11.3. The number of unbranched alkanes of at least 4 members (excludes halogenated alkanes) is 4. The molecule has 0 spiro atoms. The van der Waals surface area contributed by atoms with Gasteiger partial charge in [0.15, 0.2) is 0 Å². The van der Waals surface area contributed by atoms with Gasteiger partial charge in [0.25, 0.3) is 0 Å². The lowest BCUT2D eigenvalue weighted by molar-refractivity contribution is 0.302. The smallest absolute Gasteiger partial charge is 0.0739 e. The summed E-state index contributed by atoms with van der Waals surface area (Å²) in [5.74, 6) is 1.73. The van der Waals surface area contributed by atoms with Gasteiger partial charge in [-0.1, -0.05) is 81.8 Å². The lowest BCUT2D eigenvalue weighted by Gasteiger charge is -2.29. The van der Waals surface area contributed by atoms with Crippen molar-refractivity contribution in [1.82, 2.24) is 0 Å². The first kappa shape index (κ1) is 21.0. The Morgan fingerprint density at radius 3 is 2.04 bits per heavy atom. The van der Waals surface area contributed by atoms with Crippen LogP contribution in [0.1, 0.15) is 82.6 Å². The first-order valence-corrected chi connectivity index (χ1v) is 11.5. The molecule has 1 saturated carbocycles. The van der Waals surface area contributed by atoms with Gasteiger partial charge in [0.1, 0.15) is 0 Å². The molecule has 1 fully saturated rings. The third-order valence-corrected chi connectivity index (χ3v) is 6.41. The van der Waals surface area contributed by atoms with Crippen LogP contribution in [0.2, 0.25) is 0 Å². The van der Waals surface area contributed by atoms with Crippen LogP contribution < -0.4 is 0 Å². The van der Waals surface area contributed by atoms with Gasteiger partial charge in [-0.25, -0.2) is 0 Å². The molecule has 0 saturated heterocycles. The minimum Gasteiger partial charge on any atom is -0.195 e. The Morgan fingerprint density at radius 2 is 1.43 bits per heavy atom. The minimum atomic E-state index is 0.754. The molecule has 0 N–H and O–H groups in total. The average Bonchev–Trinajstić information content (AvgIpc) is 2.75. The molecule has 0 amide bonds. The van der Waals surface area contributed by atoms with E-state index in [0.717, 1.165) is 17.5 Å². The molecule has 0 radical (unpaired) electrons. The Morgan fingerprint density at radius 1 is 0.821 bits per heavy atom. The van der Waals surface area contributed by atoms with Crippen LogP contribution in [0.3, 0.4) is 0 Å². The molecule has 2 heteroatoms. The second-order valence-corrected chi connectivity index (χ2v) is 8.48. The fourth-order valence-corrected chi connectivity index (χ4v) is 4.66. The van der Waals surface area contributed by atoms with Gasteiger partial charge >= 0.3 is 0 Å². The Balaban J connectivity index is 1.48. The molecule has 2 aromatic carbocycles. The standard InChI is InChI=1S/C26H33NS/c1-2-3-4-5-6-7-21-8-10-22(11-9-21)23-12-14-24(15-13-23)25-16-18-26(19-17-25)27-20-28/h12-19,21-22H,2-11H2,1H3/t21-,22-. The molecule has 28 heavy (non-hydrogen) atoms. The van der Waals surface area contributed by atoms with Crippen LogP contribution in [0.25, 0.3) is 11.1 Å². The van der Waals surface area contributed by atoms with Crippen molar-refractivity contribution in [2.24, 2.45) is 10.9 Å². The van der Waals surface area contributed by atoms with Crippen molar-refractivity contribution in [2.75, 3.05) is 0 Å². The van der Waals surface area contributed by atoms with Crippen molar-refractivity contribution in [3.05, 3.63) is 54.1 Å². The highest BCUT2D eigenvalue weighted by Crippen LogP contribution is 2.38. The Bertz CT molecular complexity index is 748. The van der Waals surface area contributed by atoms with Gasteiger partial charge in [-0.2, -0.15) is 4.99 Å². The number of thiocarbonyl (C=S) groups is 1. The van der Waals surface area contributed by atoms with Crippen LogP contribution in [-0.4, -0.2) is 5.16 Å². The Kier molecular flexibility index (Phi) is 8.45. The van der Waals surface area contributed by atoms with E-state index in [1.807, 2.05) is 12.1 Å². The summed E-state index contributed by atoms with van der Waals surface area (Å²) in [6, 6.07) is 17.4. The molecule has 0 heterocycles. The van der Waals surface area contributed by atoms with Gasteiger partial charge in [-0.15, -0.1) is 0 Å². The fourth-order valence-electron chi connectivity index (χ4n) is 4.55. The van der Waals surface area contributed by atoms with Crippen LogP contribution in [0, 0.1) is 5.92 Å². The maximum atomic E-state index is 4.66. The molecule has 2 aromatic rings. The zero-order chi connectivity index (χ0) is 19.6. The number of nitrogens with zero attached hydrogens (tertiary/aromatic N) is 1. The minimum absolute atomic E-state index is 0.754. The molecule has 1 aliphatic carbocycles. The number of hydrogen-bond acceptors (Lipinski definition) is 2. The first-order chi connectivity index (χ1) is 13.8. The highest BCUT2D eigenvalue weighted by molar-refractivity contribution is 7.78. The number of benzene rings is 2. The van der Waals surface area contributed by atoms with Gasteiger partial charge in [0.05, 0.1) is 10.8 Å². The third kappa shape index (κ3) is 6.12. The van der Waals surface area contributed by atoms with E-state index in [9.17, 15) is 0 Å². The topological polar surface area (TPSA) is 12.4 Å². The van der Waals surface area contributed by atoms with Crippen molar-refractivity contribution >= 4 is 23.1 Å². The van der Waals surface area contributed by atoms with Gasteiger partial charge in [0.2, 0.25) is 0 Å². The summed E-state index contributed by atoms with van der Waals surface area (Å²) < 4.78 is 0. The van der Waals surface area contributed by atoms with E-state index < -0.39 is 0 Å². The molecular formula is C26H33NS. The summed E-state index contributed by atoms with van der Waals surface area (Å²) >= 11 is 4.66. The Labute approximate surface area is 176 Å². The van der Waals surface area contributed by atoms with Crippen LogP contribution in [0.4, 0.5) is 5.69 Å². The van der Waals surface area contributed by atoms with Gasteiger partial charge < -0.3 is 0 Å². The SMILES string of the molecule is CCCCCCC[C@H]1CC[C@H](c2ccc(-c3ccc(N=C=S)cc3)cc2)CC1. The van der Waals surface area contributed by atoms with Crippen molar-refractivity contribution < 1.29 is 0 Å². The number of isothiocyanates is 1. The van der Waals surface area contributed by atoms with Gasteiger partial charge in [-0.3, -0.25) is 0 Å². The van der Waals surface area contributed by atoms with E-state index in [1.165, 1.54) is 80.9 Å². The second-order valence-electron chi connectivity index (χ2n) is 8.29. The van der Waals surface area contributed by atoms with E-state index in [-0.39, 0.29) is 0 Å². The third-order valence-electron chi connectivity index (χ3n) is 6.32. The average molecular weight is 392 g/mol. The normalized spacial score (nSPS) is 19.2. The fraction of sp³-hybridized carbons (Fsp3) is 0.500. The largest absolute Gasteiger partial charge is 0.195 e. The maximum Gasteiger partial charge on any atom is 0.0739 e. The van der Waals surface area contributed by atoms with Crippen LogP contribution in [0.5, 0.6) is 0 Å². The van der Waals surface area contributed by atoms with Crippen molar-refractivity contribution in [3.8, 4) is 11.1 Å². The summed E-state index contributed by atoms with van der Waals surface area (Å²) in [7, 11) is 0. The van der Waals surface area contributed by atoms with Crippen molar-refractivity contribution in [2.45, 2.75) is 77.0 Å². The van der Waals surface area contributed by atoms with E-state index in [4.69, 9.17) is 0 Å². The predicted molar refractivity (Wildman–Crippen MR) is 125 cm³/mol. The van der Waals surface area contributed by atoms with Crippen LogP contribution >= 0.6 is 12.2 Å². The molecular weight excluding hydrogens is 358 g/mol. The highest BCUT2D eigenvalue weighted by Gasteiger charge is 2.22. The zero-order valence-corrected chi connectivity index (χ0v) is 18.0. The molecule has 0 unspecified atom stereocenters. The molecule has 0 aromatic heterocycles. The van der Waals surface area contributed by atoms with Gasteiger partial charge in [0, 0.05) is 0 Å². The van der Waals surface area contributed by atoms with E-state index in [1.54, 1.807) is 0 Å². The van der Waals surface area contributed by atoms with Crippen molar-refractivity contribution in [1.29, 1.82) is 0 Å². The summed E-state index contributed by atoms with van der Waals surface area (Å²) in [4.78, 5) is 4.02. The number of aliphatic imine (C=N–C) groups is 1. The molecule has 0 aliphatic heterocycles. The summed E-state index contributed by atoms with van der Waals surface area (Å²) in [6.07, 6.45) is 14.1. The lowest BCUT2D eigenvalue weighted by atomic mass is 9.77. The molecule has 0 bridgehead atoms. The number of hydrogen-bond donors (Lipinski definition) is 0. The first-order valence-electron chi connectivity index (χ1n) is 11.1. The summed E-state index contributed by atoms with van der Waals surface area (Å²) in [5.41, 5.74) is 4.87. The predicted octanol–water partition coefficient (Wildman–Crippen LogP) is 8.72. The highest BCUT2D eigenvalue weighted by atomic mass is 32.1. The van der Waals surface area contributed by atoms with E-state index in [2.05, 4.69) is 65.7 Å². The van der Waals surface area contributed by atoms with Crippen molar-refractivity contribution in [3.63, 3.8) is 0 Å². The zero-order valence-electron chi connectivity index (χ0n) is 17.2. The van der Waals surface area contributed by atoms with E-state index in [0.29, 0.717) is 0 Å². The summed E-state index contributed by atoms with van der Waals surface area (Å²) in [5, 5.41) is 2.42. The number of rotatable bonds is 9.